The smallest absolute Gasteiger partial charge is 0.191 e. The van der Waals surface area contributed by atoms with Gasteiger partial charge in [-0.25, -0.2) is 0 Å². The van der Waals surface area contributed by atoms with Crippen molar-refractivity contribution in [3.05, 3.63) is 29.6 Å². The zero-order valence-electron chi connectivity index (χ0n) is 15.1. The summed E-state index contributed by atoms with van der Waals surface area (Å²) < 4.78 is 0. The molecule has 1 saturated carbocycles. The van der Waals surface area contributed by atoms with E-state index in [1.54, 1.807) is 0 Å². The number of hydrogen-bond donors (Lipinski definition) is 2. The van der Waals surface area contributed by atoms with Gasteiger partial charge in [0.2, 0.25) is 0 Å². The van der Waals surface area contributed by atoms with E-state index in [1.807, 2.05) is 19.3 Å². The van der Waals surface area contributed by atoms with Crippen molar-refractivity contribution in [1.82, 2.24) is 20.5 Å². The van der Waals surface area contributed by atoms with E-state index in [0.29, 0.717) is 12.6 Å². The molecule has 1 aromatic rings. The number of pyridine rings is 1. The molecule has 2 aliphatic rings. The number of nitrogens with zero attached hydrogens (tertiary/aromatic N) is 3. The van der Waals surface area contributed by atoms with E-state index in [4.69, 9.17) is 0 Å². The van der Waals surface area contributed by atoms with Crippen LogP contribution < -0.4 is 10.6 Å². The largest absolute Gasteiger partial charge is 0.352 e. The average Bonchev–Trinajstić information content (AvgIpc) is 3.25. The minimum Gasteiger partial charge on any atom is -0.352 e. The van der Waals surface area contributed by atoms with Gasteiger partial charge in [0.1, 0.15) is 0 Å². The van der Waals surface area contributed by atoms with Crippen LogP contribution >= 0.6 is 0 Å². The van der Waals surface area contributed by atoms with Gasteiger partial charge in [-0.1, -0.05) is 18.9 Å². The van der Waals surface area contributed by atoms with Crippen molar-refractivity contribution >= 4 is 5.96 Å². The van der Waals surface area contributed by atoms with Crippen molar-refractivity contribution in [3.63, 3.8) is 0 Å². The maximum absolute atomic E-state index is 4.43. The molecule has 0 radical (unpaired) electrons. The fourth-order valence-corrected chi connectivity index (χ4v) is 3.93. The molecule has 1 saturated heterocycles. The molecule has 132 valence electrons. The Morgan fingerprint density at radius 2 is 2.17 bits per heavy atom. The standard InChI is InChI=1S/C19H31N5/c1-15-6-5-10-21-18(15)12-22-19(20-2)23-17-9-11-24(14-17)13-16-7-3-4-8-16/h5-6,10,16-17H,3-4,7-9,11-14H2,1-2H3,(H2,20,22,23). The lowest BCUT2D eigenvalue weighted by molar-refractivity contribution is 0.275. The molecule has 5 nitrogen and oxygen atoms in total. The number of guanidine groups is 1. The first-order chi connectivity index (χ1) is 11.7. The van der Waals surface area contributed by atoms with Crippen molar-refractivity contribution in [2.24, 2.45) is 10.9 Å². The van der Waals surface area contributed by atoms with Crippen LogP contribution in [0.1, 0.15) is 43.4 Å². The van der Waals surface area contributed by atoms with Crippen molar-refractivity contribution in [2.45, 2.75) is 51.6 Å². The van der Waals surface area contributed by atoms with E-state index in [0.717, 1.165) is 24.1 Å². The maximum Gasteiger partial charge on any atom is 0.191 e. The maximum atomic E-state index is 4.43. The number of aliphatic imine (C=N–C) groups is 1. The molecule has 1 aliphatic heterocycles. The predicted molar refractivity (Wildman–Crippen MR) is 99.1 cm³/mol. The number of aryl methyl sites for hydroxylation is 1. The Bertz CT molecular complexity index is 550. The zero-order chi connectivity index (χ0) is 16.8. The van der Waals surface area contributed by atoms with Crippen LogP contribution in [-0.4, -0.2) is 48.6 Å². The molecular formula is C19H31N5. The third-order valence-corrected chi connectivity index (χ3v) is 5.37. The Balaban J connectivity index is 1.43. The van der Waals surface area contributed by atoms with Gasteiger partial charge in [0.05, 0.1) is 12.2 Å². The highest BCUT2D eigenvalue weighted by molar-refractivity contribution is 5.80. The Morgan fingerprint density at radius 1 is 1.33 bits per heavy atom. The molecule has 2 fully saturated rings. The average molecular weight is 329 g/mol. The van der Waals surface area contributed by atoms with Crippen LogP contribution in [-0.2, 0) is 6.54 Å². The Hall–Kier alpha value is -1.62. The summed E-state index contributed by atoms with van der Waals surface area (Å²) in [6.07, 6.45) is 8.78. The summed E-state index contributed by atoms with van der Waals surface area (Å²) in [5, 5.41) is 6.98. The van der Waals surface area contributed by atoms with Gasteiger partial charge in [-0.2, -0.15) is 0 Å². The lowest BCUT2D eigenvalue weighted by Gasteiger charge is -2.21. The van der Waals surface area contributed by atoms with E-state index in [-0.39, 0.29) is 0 Å². The quantitative estimate of drug-likeness (QED) is 0.643. The molecule has 1 unspecified atom stereocenters. The summed E-state index contributed by atoms with van der Waals surface area (Å²) in [6, 6.07) is 4.57. The first-order valence-electron chi connectivity index (χ1n) is 9.34. The van der Waals surface area contributed by atoms with Crippen LogP contribution in [0.15, 0.2) is 23.3 Å². The summed E-state index contributed by atoms with van der Waals surface area (Å²) >= 11 is 0. The summed E-state index contributed by atoms with van der Waals surface area (Å²) in [6.45, 7) is 6.45. The number of hydrogen-bond acceptors (Lipinski definition) is 3. The van der Waals surface area contributed by atoms with Gasteiger partial charge in [-0.05, 0) is 43.7 Å². The lowest BCUT2D eigenvalue weighted by Crippen LogP contribution is -2.44. The predicted octanol–water partition coefficient (Wildman–Crippen LogP) is 2.32. The molecule has 0 bridgehead atoms. The fraction of sp³-hybridized carbons (Fsp3) is 0.684. The highest BCUT2D eigenvalue weighted by atomic mass is 15.2. The monoisotopic (exact) mass is 329 g/mol. The summed E-state index contributed by atoms with van der Waals surface area (Å²) in [5.74, 6) is 1.82. The van der Waals surface area contributed by atoms with Gasteiger partial charge in [0, 0.05) is 38.9 Å². The molecule has 1 aromatic heterocycles. The molecule has 2 N–H and O–H groups in total. The molecule has 3 rings (SSSR count). The normalized spacial score (nSPS) is 22.9. The van der Waals surface area contributed by atoms with Crippen LogP contribution in [0.25, 0.3) is 0 Å². The highest BCUT2D eigenvalue weighted by Crippen LogP contribution is 2.26. The second kappa shape index (κ2) is 8.47. The molecule has 0 spiro atoms. The molecule has 1 atom stereocenters. The second-order valence-electron chi connectivity index (χ2n) is 7.23. The molecular weight excluding hydrogens is 298 g/mol. The molecule has 0 amide bonds. The first kappa shape index (κ1) is 17.2. The van der Waals surface area contributed by atoms with Gasteiger partial charge in [-0.3, -0.25) is 9.98 Å². The molecule has 2 heterocycles. The van der Waals surface area contributed by atoms with E-state index in [9.17, 15) is 0 Å². The summed E-state index contributed by atoms with van der Waals surface area (Å²) in [5.41, 5.74) is 2.29. The molecule has 24 heavy (non-hydrogen) atoms. The first-order valence-corrected chi connectivity index (χ1v) is 9.34. The topological polar surface area (TPSA) is 52.6 Å². The van der Waals surface area contributed by atoms with Crippen molar-refractivity contribution < 1.29 is 0 Å². The van der Waals surface area contributed by atoms with Crippen molar-refractivity contribution in [2.75, 3.05) is 26.7 Å². The van der Waals surface area contributed by atoms with Gasteiger partial charge >= 0.3 is 0 Å². The third kappa shape index (κ3) is 4.69. The van der Waals surface area contributed by atoms with E-state index < -0.39 is 0 Å². The van der Waals surface area contributed by atoms with E-state index >= 15 is 0 Å². The van der Waals surface area contributed by atoms with Gasteiger partial charge in [-0.15, -0.1) is 0 Å². The van der Waals surface area contributed by atoms with Crippen molar-refractivity contribution in [1.29, 1.82) is 0 Å². The minimum atomic E-state index is 0.502. The number of aromatic nitrogens is 1. The van der Waals surface area contributed by atoms with E-state index in [1.165, 1.54) is 50.8 Å². The highest BCUT2D eigenvalue weighted by Gasteiger charge is 2.26. The van der Waals surface area contributed by atoms with Crippen LogP contribution in [0.3, 0.4) is 0 Å². The number of nitrogens with one attached hydrogen (secondary N) is 2. The third-order valence-electron chi connectivity index (χ3n) is 5.37. The van der Waals surface area contributed by atoms with Gasteiger partial charge in [0.25, 0.3) is 0 Å². The number of likely N-dealkylation sites (tertiary alicyclic amines) is 1. The van der Waals surface area contributed by atoms with Crippen molar-refractivity contribution in [3.8, 4) is 0 Å². The lowest BCUT2D eigenvalue weighted by atomic mass is 10.1. The van der Waals surface area contributed by atoms with Crippen LogP contribution in [0, 0.1) is 12.8 Å². The zero-order valence-corrected chi connectivity index (χ0v) is 15.1. The van der Waals surface area contributed by atoms with Gasteiger partial charge < -0.3 is 15.5 Å². The molecule has 1 aliphatic carbocycles. The summed E-state index contributed by atoms with van der Waals surface area (Å²) in [4.78, 5) is 11.4. The van der Waals surface area contributed by atoms with E-state index in [2.05, 4.69) is 38.5 Å². The second-order valence-corrected chi connectivity index (χ2v) is 7.23. The summed E-state index contributed by atoms with van der Waals surface area (Å²) in [7, 11) is 1.84. The van der Waals surface area contributed by atoms with Crippen LogP contribution in [0.5, 0.6) is 0 Å². The number of rotatable bonds is 5. The van der Waals surface area contributed by atoms with Gasteiger partial charge in [0.15, 0.2) is 5.96 Å². The van der Waals surface area contributed by atoms with Crippen LogP contribution in [0.2, 0.25) is 0 Å². The SMILES string of the molecule is CN=C(NCc1ncccc1C)NC1CCN(CC2CCCC2)C1. The Kier molecular flexibility index (Phi) is 6.07. The Morgan fingerprint density at radius 3 is 2.92 bits per heavy atom. The van der Waals surface area contributed by atoms with Crippen LogP contribution in [0.4, 0.5) is 0 Å². The fourth-order valence-electron chi connectivity index (χ4n) is 3.93. The molecule has 5 heteroatoms. The molecule has 0 aromatic carbocycles. The Labute approximate surface area is 146 Å². The minimum absolute atomic E-state index is 0.502.